The van der Waals surface area contributed by atoms with Crippen molar-refractivity contribution in [2.45, 2.75) is 13.5 Å². The first kappa shape index (κ1) is 13.1. The molecule has 2 N–H and O–H groups in total. The Bertz CT molecular complexity index is 817. The molecule has 0 atom stereocenters. The lowest BCUT2D eigenvalue weighted by molar-refractivity contribution is -0.327. The molecule has 0 fully saturated rings. The summed E-state index contributed by atoms with van der Waals surface area (Å²) in [5.74, 6) is 0.763. The summed E-state index contributed by atoms with van der Waals surface area (Å²) in [7, 11) is 0. The number of nitrogens with one attached hydrogen (secondary N) is 2. The molecule has 0 amide bonds. The van der Waals surface area contributed by atoms with E-state index in [1.54, 1.807) is 0 Å². The third kappa shape index (κ3) is 2.85. The molecule has 0 aliphatic heterocycles. The van der Waals surface area contributed by atoms with Crippen molar-refractivity contribution in [1.82, 2.24) is 0 Å². The zero-order valence-electron chi connectivity index (χ0n) is 11.9. The summed E-state index contributed by atoms with van der Waals surface area (Å²) in [6.07, 6.45) is 0. The molecule has 3 nitrogen and oxygen atoms in total. The molecule has 0 spiro atoms. The molecule has 1 heterocycles. The molecular weight excluding hydrogens is 258 g/mol. The van der Waals surface area contributed by atoms with Crippen LogP contribution in [0.1, 0.15) is 16.7 Å². The molecule has 0 unspecified atom stereocenters. The number of anilines is 1. The second-order valence-corrected chi connectivity index (χ2v) is 5.10. The fourth-order valence-corrected chi connectivity index (χ4v) is 2.35. The van der Waals surface area contributed by atoms with Crippen LogP contribution >= 0.6 is 0 Å². The van der Waals surface area contributed by atoms with Crippen LogP contribution in [0.3, 0.4) is 0 Å². The van der Waals surface area contributed by atoms with Crippen molar-refractivity contribution in [2.24, 2.45) is 0 Å². The number of benzene rings is 2. The molecule has 1 aromatic heterocycles. The summed E-state index contributed by atoms with van der Waals surface area (Å²) in [6.45, 7) is 2.74. The van der Waals surface area contributed by atoms with E-state index in [4.69, 9.17) is 0 Å². The molecule has 3 aromatic rings. The Morgan fingerprint density at radius 1 is 1.10 bits per heavy atom. The minimum absolute atomic E-state index is 0.627. The zero-order valence-corrected chi connectivity index (χ0v) is 11.9. The van der Waals surface area contributed by atoms with Crippen molar-refractivity contribution in [2.75, 3.05) is 5.32 Å². The van der Waals surface area contributed by atoms with E-state index in [1.807, 2.05) is 36.4 Å². The number of hydrogen-bond donors (Lipinski definition) is 1. The summed E-state index contributed by atoms with van der Waals surface area (Å²) in [4.78, 5) is 3.32. The highest BCUT2D eigenvalue weighted by Gasteiger charge is 2.12. The fourth-order valence-electron chi connectivity index (χ4n) is 2.35. The second-order valence-electron chi connectivity index (χ2n) is 5.10. The van der Waals surface area contributed by atoms with Crippen LogP contribution in [0.2, 0.25) is 0 Å². The largest absolute Gasteiger partial charge is 0.291 e. The predicted molar refractivity (Wildman–Crippen MR) is 83.7 cm³/mol. The van der Waals surface area contributed by atoms with Crippen molar-refractivity contribution < 1.29 is 4.98 Å². The van der Waals surface area contributed by atoms with Gasteiger partial charge in [0, 0.05) is 5.39 Å². The van der Waals surface area contributed by atoms with Gasteiger partial charge in [-0.1, -0.05) is 42.5 Å². The third-order valence-corrected chi connectivity index (χ3v) is 3.47. The molecule has 0 aliphatic carbocycles. The molecule has 3 heteroatoms. The topological polar surface area (TPSA) is 50.0 Å². The lowest BCUT2D eigenvalue weighted by atomic mass is 10.1. The van der Waals surface area contributed by atoms with E-state index in [0.29, 0.717) is 12.1 Å². The van der Waals surface area contributed by atoms with Gasteiger partial charge in [0.25, 0.3) is 5.82 Å². The maximum Gasteiger partial charge on any atom is 0.291 e. The third-order valence-electron chi connectivity index (χ3n) is 3.47. The number of nitrogens with zero attached hydrogens (tertiary/aromatic N) is 1. The van der Waals surface area contributed by atoms with E-state index in [0.717, 1.165) is 16.7 Å². The Morgan fingerprint density at radius 3 is 2.67 bits per heavy atom. The predicted octanol–water partition coefficient (Wildman–Crippen LogP) is 3.45. The van der Waals surface area contributed by atoms with E-state index < -0.39 is 0 Å². The number of nitriles is 1. The quantitative estimate of drug-likeness (QED) is 0.795. The normalized spacial score (nSPS) is 10.3. The molecule has 2 aromatic carbocycles. The van der Waals surface area contributed by atoms with Crippen molar-refractivity contribution in [1.29, 1.82) is 5.26 Å². The van der Waals surface area contributed by atoms with E-state index in [9.17, 15) is 5.26 Å². The highest BCUT2D eigenvalue weighted by atomic mass is 15.0. The van der Waals surface area contributed by atoms with Gasteiger partial charge < -0.3 is 0 Å². The summed E-state index contributed by atoms with van der Waals surface area (Å²) in [6, 6.07) is 20.5. The van der Waals surface area contributed by atoms with Crippen LogP contribution in [0.4, 0.5) is 5.82 Å². The van der Waals surface area contributed by atoms with Gasteiger partial charge in [-0.3, -0.25) is 5.32 Å². The van der Waals surface area contributed by atoms with Crippen LogP contribution in [-0.4, -0.2) is 0 Å². The van der Waals surface area contributed by atoms with Crippen LogP contribution in [0.15, 0.2) is 54.6 Å². The number of H-pyrrole nitrogens is 1. The van der Waals surface area contributed by atoms with Crippen LogP contribution in [0.25, 0.3) is 10.9 Å². The summed E-state index contributed by atoms with van der Waals surface area (Å²) in [5, 5.41) is 13.7. The smallest absolute Gasteiger partial charge is 0.269 e. The maximum atomic E-state index is 9.32. The molecule has 21 heavy (non-hydrogen) atoms. The summed E-state index contributed by atoms with van der Waals surface area (Å²) >= 11 is 0. The molecule has 0 saturated heterocycles. The monoisotopic (exact) mass is 274 g/mol. The molecule has 102 valence electrons. The number of rotatable bonds is 3. The lowest BCUT2D eigenvalue weighted by Gasteiger charge is -2.04. The minimum atomic E-state index is 0.627. The Labute approximate surface area is 123 Å². The van der Waals surface area contributed by atoms with Gasteiger partial charge in [0.15, 0.2) is 0 Å². The van der Waals surface area contributed by atoms with Crippen molar-refractivity contribution >= 4 is 16.7 Å². The second kappa shape index (κ2) is 5.64. The van der Waals surface area contributed by atoms with Gasteiger partial charge in [-0.25, -0.2) is 4.98 Å². The summed E-state index contributed by atoms with van der Waals surface area (Å²) in [5.41, 5.74) is 4.03. The van der Waals surface area contributed by atoms with Crippen molar-refractivity contribution in [3.8, 4) is 6.07 Å². The zero-order chi connectivity index (χ0) is 14.7. The first-order valence-corrected chi connectivity index (χ1v) is 6.91. The first-order valence-electron chi connectivity index (χ1n) is 6.91. The molecule has 0 saturated carbocycles. The first-order chi connectivity index (χ1) is 10.3. The van der Waals surface area contributed by atoms with E-state index >= 15 is 0 Å². The minimum Gasteiger partial charge on any atom is -0.269 e. The average Bonchev–Trinajstić information content (AvgIpc) is 2.53. The molecule has 3 rings (SSSR count). The van der Waals surface area contributed by atoms with Crippen LogP contribution in [-0.2, 0) is 6.54 Å². The Kier molecular flexibility index (Phi) is 3.53. The fraction of sp³-hybridized carbons (Fsp3) is 0.111. The Hall–Kier alpha value is -2.86. The van der Waals surface area contributed by atoms with Gasteiger partial charge in [-0.2, -0.15) is 5.26 Å². The van der Waals surface area contributed by atoms with Crippen molar-refractivity contribution in [3.63, 3.8) is 0 Å². The Morgan fingerprint density at radius 2 is 1.90 bits per heavy atom. The average molecular weight is 274 g/mol. The molecule has 0 radical (unpaired) electrons. The number of aromatic amines is 1. The van der Waals surface area contributed by atoms with Gasteiger partial charge in [-0.05, 0) is 30.2 Å². The van der Waals surface area contributed by atoms with Crippen LogP contribution in [0.5, 0.6) is 0 Å². The lowest BCUT2D eigenvalue weighted by Crippen LogP contribution is -2.16. The van der Waals surface area contributed by atoms with Crippen molar-refractivity contribution in [3.05, 3.63) is 71.3 Å². The number of hydrogen-bond acceptors (Lipinski definition) is 2. The maximum absolute atomic E-state index is 9.32. The number of pyridine rings is 1. The highest BCUT2D eigenvalue weighted by molar-refractivity contribution is 5.79. The van der Waals surface area contributed by atoms with Gasteiger partial charge in [0.1, 0.15) is 23.7 Å². The van der Waals surface area contributed by atoms with Gasteiger partial charge in [0.2, 0.25) is 0 Å². The van der Waals surface area contributed by atoms with Gasteiger partial charge in [0.05, 0.1) is 0 Å². The molecular formula is C18H16N3+. The van der Waals surface area contributed by atoms with E-state index in [-0.39, 0.29) is 0 Å². The molecule has 0 aliphatic rings. The Balaban J connectivity index is 1.95. The van der Waals surface area contributed by atoms with Gasteiger partial charge >= 0.3 is 0 Å². The standard InChI is InChI=1S/C18H15N3/c1-13-7-8-15-10-16(11-19)18(21-17(15)9-13)20-12-14-5-3-2-4-6-14/h2-10H,12H2,1H3,(H,20,21)/p+1. The van der Waals surface area contributed by atoms with Crippen LogP contribution < -0.4 is 10.3 Å². The SMILES string of the molecule is Cc1ccc2cc(C#N)c(NCc3ccccc3)[nH+]c2c1. The van der Waals surface area contributed by atoms with Gasteiger partial charge in [-0.15, -0.1) is 0 Å². The number of fused-ring (bicyclic) bond motifs is 1. The van der Waals surface area contributed by atoms with Crippen LogP contribution in [0, 0.1) is 18.3 Å². The summed E-state index contributed by atoms with van der Waals surface area (Å²) < 4.78 is 0. The molecule has 0 bridgehead atoms. The number of aryl methyl sites for hydroxylation is 1. The highest BCUT2D eigenvalue weighted by Crippen LogP contribution is 2.18. The number of aromatic nitrogens is 1. The van der Waals surface area contributed by atoms with E-state index in [2.05, 4.69) is 41.5 Å². The van der Waals surface area contributed by atoms with E-state index in [1.165, 1.54) is 11.1 Å².